The average Bonchev–Trinajstić information content (AvgIpc) is 2.31. The van der Waals surface area contributed by atoms with Gasteiger partial charge in [-0.2, -0.15) is 8.78 Å². The molecule has 0 fully saturated rings. The highest BCUT2D eigenvalue weighted by atomic mass is 19.3. The Morgan fingerprint density at radius 1 is 1.64 bits per heavy atom. The Kier molecular flexibility index (Phi) is 1.93. The third-order valence-electron chi connectivity index (χ3n) is 1.44. The van der Waals surface area contributed by atoms with Crippen LogP contribution in [-0.2, 0) is 12.3 Å². The van der Waals surface area contributed by atoms with E-state index >= 15 is 0 Å². The first-order valence-electron chi connectivity index (χ1n) is 3.37. The van der Waals surface area contributed by atoms with Crippen molar-refractivity contribution in [1.82, 2.24) is 5.16 Å². The molecule has 11 heavy (non-hydrogen) atoms. The minimum absolute atomic E-state index is 0.250. The Balaban J connectivity index is 3.02. The molecule has 0 aromatic carbocycles. The van der Waals surface area contributed by atoms with Crippen molar-refractivity contribution in [3.05, 3.63) is 17.5 Å². The third-order valence-corrected chi connectivity index (χ3v) is 1.44. The number of aryl methyl sites for hydroxylation is 1. The van der Waals surface area contributed by atoms with Gasteiger partial charge in [0.1, 0.15) is 6.26 Å². The second-order valence-electron chi connectivity index (χ2n) is 2.43. The monoisotopic (exact) mass is 161 g/mol. The first-order chi connectivity index (χ1) is 5.05. The zero-order chi connectivity index (χ0) is 8.48. The number of rotatable bonds is 2. The van der Waals surface area contributed by atoms with Gasteiger partial charge in [-0.3, -0.25) is 0 Å². The van der Waals surface area contributed by atoms with Gasteiger partial charge in [0, 0.05) is 12.5 Å². The van der Waals surface area contributed by atoms with E-state index in [2.05, 4.69) is 9.68 Å². The summed E-state index contributed by atoms with van der Waals surface area (Å²) in [7, 11) is 0. The van der Waals surface area contributed by atoms with Crippen LogP contribution >= 0.6 is 0 Å². The van der Waals surface area contributed by atoms with E-state index in [-0.39, 0.29) is 5.69 Å². The Morgan fingerprint density at radius 3 is 2.64 bits per heavy atom. The summed E-state index contributed by atoms with van der Waals surface area (Å²) >= 11 is 0. The van der Waals surface area contributed by atoms with Crippen LogP contribution in [-0.4, -0.2) is 5.16 Å². The van der Waals surface area contributed by atoms with Gasteiger partial charge in [0.05, 0.1) is 0 Å². The maximum atomic E-state index is 12.6. The molecule has 0 unspecified atom stereocenters. The lowest BCUT2D eigenvalue weighted by Gasteiger charge is -2.06. The number of aromatic nitrogens is 1. The van der Waals surface area contributed by atoms with Crippen molar-refractivity contribution in [3.8, 4) is 0 Å². The van der Waals surface area contributed by atoms with Gasteiger partial charge in [0.25, 0.3) is 5.92 Å². The number of hydrogen-bond acceptors (Lipinski definition) is 2. The molecule has 62 valence electrons. The summed E-state index contributed by atoms with van der Waals surface area (Å²) in [5, 5.41) is 3.23. The van der Waals surface area contributed by atoms with Gasteiger partial charge in [-0.15, -0.1) is 0 Å². The standard InChI is InChI=1S/C7H9F2NO/c1-3-5-4-11-10-6(5)7(2,8)9/h4H,3H2,1-2H3. The van der Waals surface area contributed by atoms with E-state index in [1.165, 1.54) is 6.26 Å². The lowest BCUT2D eigenvalue weighted by molar-refractivity contribution is 0.00895. The van der Waals surface area contributed by atoms with Crippen molar-refractivity contribution < 1.29 is 13.3 Å². The van der Waals surface area contributed by atoms with Crippen molar-refractivity contribution >= 4 is 0 Å². The highest BCUT2D eigenvalue weighted by molar-refractivity contribution is 5.18. The number of nitrogens with zero attached hydrogens (tertiary/aromatic N) is 1. The van der Waals surface area contributed by atoms with E-state index in [1.54, 1.807) is 6.92 Å². The van der Waals surface area contributed by atoms with Crippen LogP contribution in [0.3, 0.4) is 0 Å². The summed E-state index contributed by atoms with van der Waals surface area (Å²) in [5.74, 6) is -2.89. The van der Waals surface area contributed by atoms with Gasteiger partial charge in [0.2, 0.25) is 0 Å². The van der Waals surface area contributed by atoms with Gasteiger partial charge in [-0.25, -0.2) is 0 Å². The Hall–Kier alpha value is -0.930. The van der Waals surface area contributed by atoms with E-state index in [1.807, 2.05) is 0 Å². The van der Waals surface area contributed by atoms with Crippen LogP contribution < -0.4 is 0 Å². The van der Waals surface area contributed by atoms with Crippen LogP contribution in [0.15, 0.2) is 10.8 Å². The molecule has 0 radical (unpaired) electrons. The maximum absolute atomic E-state index is 12.6. The molecule has 0 aliphatic carbocycles. The van der Waals surface area contributed by atoms with E-state index in [4.69, 9.17) is 0 Å². The molecule has 0 bridgehead atoms. The van der Waals surface area contributed by atoms with Gasteiger partial charge < -0.3 is 4.52 Å². The summed E-state index contributed by atoms with van der Waals surface area (Å²) in [5.41, 5.74) is 0.220. The zero-order valence-corrected chi connectivity index (χ0v) is 6.40. The molecule has 0 aliphatic heterocycles. The zero-order valence-electron chi connectivity index (χ0n) is 6.40. The molecule has 1 heterocycles. The summed E-state index contributed by atoms with van der Waals surface area (Å²) < 4.78 is 29.7. The van der Waals surface area contributed by atoms with E-state index in [0.29, 0.717) is 12.0 Å². The number of hydrogen-bond donors (Lipinski definition) is 0. The molecule has 0 saturated carbocycles. The summed E-state index contributed by atoms with van der Waals surface area (Å²) in [6, 6.07) is 0. The minimum atomic E-state index is -2.89. The number of halogens is 2. The Morgan fingerprint density at radius 2 is 2.27 bits per heavy atom. The van der Waals surface area contributed by atoms with E-state index in [0.717, 1.165) is 6.92 Å². The summed E-state index contributed by atoms with van der Waals surface area (Å²) in [6.07, 6.45) is 1.77. The minimum Gasteiger partial charge on any atom is -0.364 e. The first kappa shape index (κ1) is 8.17. The maximum Gasteiger partial charge on any atom is 0.290 e. The lowest BCUT2D eigenvalue weighted by Crippen LogP contribution is -2.09. The fraction of sp³-hybridized carbons (Fsp3) is 0.571. The van der Waals surface area contributed by atoms with Crippen molar-refractivity contribution in [2.24, 2.45) is 0 Å². The molecule has 1 aromatic rings. The molecule has 0 N–H and O–H groups in total. The second kappa shape index (κ2) is 2.60. The van der Waals surface area contributed by atoms with Crippen molar-refractivity contribution in [2.75, 3.05) is 0 Å². The molecular weight excluding hydrogens is 152 g/mol. The predicted molar refractivity (Wildman–Crippen MR) is 35.4 cm³/mol. The van der Waals surface area contributed by atoms with Crippen molar-refractivity contribution in [1.29, 1.82) is 0 Å². The topological polar surface area (TPSA) is 26.0 Å². The summed E-state index contributed by atoms with van der Waals surface area (Å²) in [4.78, 5) is 0. The third kappa shape index (κ3) is 1.56. The van der Waals surface area contributed by atoms with Gasteiger partial charge in [-0.05, 0) is 6.42 Å². The largest absolute Gasteiger partial charge is 0.364 e. The van der Waals surface area contributed by atoms with Crippen LogP contribution in [0.4, 0.5) is 8.78 Å². The molecule has 1 rings (SSSR count). The van der Waals surface area contributed by atoms with Crippen LogP contribution in [0.1, 0.15) is 25.1 Å². The molecule has 4 heteroatoms. The van der Waals surface area contributed by atoms with Gasteiger partial charge >= 0.3 is 0 Å². The van der Waals surface area contributed by atoms with Crippen molar-refractivity contribution in [2.45, 2.75) is 26.2 Å². The van der Waals surface area contributed by atoms with Crippen LogP contribution in [0.2, 0.25) is 0 Å². The smallest absolute Gasteiger partial charge is 0.290 e. The number of alkyl halides is 2. The van der Waals surface area contributed by atoms with Crippen molar-refractivity contribution in [3.63, 3.8) is 0 Å². The normalized spacial score (nSPS) is 12.0. The quantitative estimate of drug-likeness (QED) is 0.665. The van der Waals surface area contributed by atoms with E-state index in [9.17, 15) is 8.78 Å². The molecule has 0 aliphatic rings. The molecule has 0 atom stereocenters. The fourth-order valence-electron chi connectivity index (χ4n) is 0.870. The van der Waals surface area contributed by atoms with Crippen LogP contribution in [0.5, 0.6) is 0 Å². The second-order valence-corrected chi connectivity index (χ2v) is 2.43. The average molecular weight is 161 g/mol. The molecule has 2 nitrogen and oxygen atoms in total. The Bertz CT molecular complexity index is 239. The molecule has 0 spiro atoms. The van der Waals surface area contributed by atoms with E-state index < -0.39 is 5.92 Å². The summed E-state index contributed by atoms with van der Waals surface area (Å²) in [6.45, 7) is 2.59. The molecular formula is C7H9F2NO. The lowest BCUT2D eigenvalue weighted by atomic mass is 10.1. The SMILES string of the molecule is CCc1conc1C(C)(F)F. The molecule has 0 saturated heterocycles. The van der Waals surface area contributed by atoms with Gasteiger partial charge in [0.15, 0.2) is 5.69 Å². The predicted octanol–water partition coefficient (Wildman–Crippen LogP) is 2.35. The fourth-order valence-corrected chi connectivity index (χ4v) is 0.870. The van der Waals surface area contributed by atoms with Crippen LogP contribution in [0.25, 0.3) is 0 Å². The Labute approximate surface area is 63.2 Å². The van der Waals surface area contributed by atoms with Crippen LogP contribution in [0, 0.1) is 0 Å². The van der Waals surface area contributed by atoms with Gasteiger partial charge in [-0.1, -0.05) is 12.1 Å². The highest BCUT2D eigenvalue weighted by Crippen LogP contribution is 2.28. The molecule has 0 amide bonds. The highest BCUT2D eigenvalue weighted by Gasteiger charge is 2.30. The first-order valence-corrected chi connectivity index (χ1v) is 3.37. The molecule has 1 aromatic heterocycles.